The van der Waals surface area contributed by atoms with Crippen LogP contribution in [0.1, 0.15) is 11.3 Å². The highest BCUT2D eigenvalue weighted by Gasteiger charge is 2.16. The summed E-state index contributed by atoms with van der Waals surface area (Å²) in [6.45, 7) is 4.19. The second-order valence-electron chi connectivity index (χ2n) is 7.39. The third-order valence-electron chi connectivity index (χ3n) is 5.21. The molecule has 0 radical (unpaired) electrons. The lowest BCUT2D eigenvalue weighted by Gasteiger charge is -2.12. The maximum absolute atomic E-state index is 9.75. The zero-order chi connectivity index (χ0) is 21.9. The van der Waals surface area contributed by atoms with Crippen molar-refractivity contribution in [3.05, 3.63) is 109 Å². The summed E-state index contributed by atoms with van der Waals surface area (Å²) in [7, 11) is 0. The lowest BCUT2D eigenvalue weighted by atomic mass is 10.1. The number of aliphatic hydroxyl groups is 1. The number of aromatic nitrogens is 4. The van der Waals surface area contributed by atoms with Crippen molar-refractivity contribution >= 4 is 17.1 Å². The Hall–Kier alpha value is -4.45. The van der Waals surface area contributed by atoms with Crippen molar-refractivity contribution in [1.82, 2.24) is 19.6 Å². The van der Waals surface area contributed by atoms with Gasteiger partial charge in [-0.05, 0) is 29.3 Å². The molecule has 0 spiro atoms. The van der Waals surface area contributed by atoms with E-state index >= 15 is 0 Å². The van der Waals surface area contributed by atoms with Gasteiger partial charge in [-0.25, -0.2) is 9.50 Å². The number of nitrogens with one attached hydrogen (secondary N) is 1. The summed E-state index contributed by atoms with van der Waals surface area (Å²) in [5.41, 5.74) is 5.33. The van der Waals surface area contributed by atoms with E-state index in [-0.39, 0.29) is 5.76 Å². The van der Waals surface area contributed by atoms with Crippen molar-refractivity contribution in [2.45, 2.75) is 6.54 Å². The fourth-order valence-electron chi connectivity index (χ4n) is 3.63. The van der Waals surface area contributed by atoms with Crippen LogP contribution < -0.4 is 5.32 Å². The van der Waals surface area contributed by atoms with Crippen LogP contribution in [-0.4, -0.2) is 24.7 Å². The minimum Gasteiger partial charge on any atom is -0.506 e. The van der Waals surface area contributed by atoms with Gasteiger partial charge < -0.3 is 10.4 Å². The van der Waals surface area contributed by atoms with Crippen molar-refractivity contribution in [3.63, 3.8) is 0 Å². The first-order chi connectivity index (χ1) is 15.7. The van der Waals surface area contributed by atoms with E-state index in [1.807, 2.05) is 59.2 Å². The fourth-order valence-corrected chi connectivity index (χ4v) is 3.63. The number of hydrogen-bond donors (Lipinski definition) is 2. The lowest BCUT2D eigenvalue weighted by molar-refractivity contribution is 0.510. The van der Waals surface area contributed by atoms with Crippen LogP contribution >= 0.6 is 0 Å². The molecular weight excluding hydrogens is 398 g/mol. The Balaban J connectivity index is 1.64. The molecule has 0 bridgehead atoms. The van der Waals surface area contributed by atoms with Crippen LogP contribution in [0.5, 0.6) is 0 Å². The molecule has 0 atom stereocenters. The Morgan fingerprint density at radius 2 is 1.69 bits per heavy atom. The van der Waals surface area contributed by atoms with Gasteiger partial charge in [-0.2, -0.15) is 0 Å². The summed E-state index contributed by atoms with van der Waals surface area (Å²) in [4.78, 5) is 9.00. The van der Waals surface area contributed by atoms with Crippen LogP contribution in [0, 0.1) is 0 Å². The third-order valence-corrected chi connectivity index (χ3v) is 5.21. The standard InChI is InChI=1S/C26H21N5O/c1-18(32)23-16-21(12-14-27-23)25-29-26(28-17-19-8-4-2-5-9-19)24-22(13-15-31(24)30-25)20-10-6-3-7-11-20/h2-16,32H,1,17H2,(H,28,29,30). The Bertz CT molecular complexity index is 1390. The van der Waals surface area contributed by atoms with Gasteiger partial charge in [-0.15, -0.1) is 5.10 Å². The van der Waals surface area contributed by atoms with Crippen molar-refractivity contribution in [2.75, 3.05) is 5.32 Å². The summed E-state index contributed by atoms with van der Waals surface area (Å²) in [5, 5.41) is 18.0. The first kappa shape index (κ1) is 19.5. The van der Waals surface area contributed by atoms with E-state index in [0.29, 0.717) is 18.1 Å². The van der Waals surface area contributed by atoms with Gasteiger partial charge in [0.1, 0.15) is 17.0 Å². The van der Waals surface area contributed by atoms with E-state index < -0.39 is 0 Å². The minimum atomic E-state index is -0.0947. The van der Waals surface area contributed by atoms with Crippen LogP contribution in [0.4, 0.5) is 5.82 Å². The molecule has 2 aromatic carbocycles. The molecule has 2 N–H and O–H groups in total. The van der Waals surface area contributed by atoms with Crippen molar-refractivity contribution < 1.29 is 5.11 Å². The first-order valence-electron chi connectivity index (χ1n) is 10.3. The molecule has 32 heavy (non-hydrogen) atoms. The van der Waals surface area contributed by atoms with E-state index in [4.69, 9.17) is 10.1 Å². The van der Waals surface area contributed by atoms with E-state index in [0.717, 1.165) is 33.6 Å². The normalized spacial score (nSPS) is 10.9. The van der Waals surface area contributed by atoms with Crippen molar-refractivity contribution in [2.24, 2.45) is 0 Å². The molecule has 5 rings (SSSR count). The van der Waals surface area contributed by atoms with Crippen LogP contribution in [0.3, 0.4) is 0 Å². The Morgan fingerprint density at radius 1 is 0.938 bits per heavy atom. The van der Waals surface area contributed by atoms with Gasteiger partial charge in [0.15, 0.2) is 11.6 Å². The number of fused-ring (bicyclic) bond motifs is 1. The molecule has 6 heteroatoms. The molecule has 0 unspecified atom stereocenters. The number of aliphatic hydroxyl groups excluding tert-OH is 1. The van der Waals surface area contributed by atoms with Gasteiger partial charge in [-0.3, -0.25) is 4.98 Å². The third kappa shape index (κ3) is 3.81. The molecule has 0 saturated heterocycles. The lowest BCUT2D eigenvalue weighted by Crippen LogP contribution is -2.07. The van der Waals surface area contributed by atoms with Gasteiger partial charge >= 0.3 is 0 Å². The second-order valence-corrected chi connectivity index (χ2v) is 7.39. The molecular formula is C26H21N5O. The van der Waals surface area contributed by atoms with E-state index in [1.54, 1.807) is 12.3 Å². The zero-order valence-electron chi connectivity index (χ0n) is 17.3. The zero-order valence-corrected chi connectivity index (χ0v) is 17.3. The predicted octanol–water partition coefficient (Wildman–Crippen LogP) is 5.60. The van der Waals surface area contributed by atoms with Gasteiger partial charge in [0.25, 0.3) is 0 Å². The minimum absolute atomic E-state index is 0.0947. The van der Waals surface area contributed by atoms with Crippen molar-refractivity contribution in [1.29, 1.82) is 0 Å². The van der Waals surface area contributed by atoms with E-state index in [1.165, 1.54) is 0 Å². The molecule has 3 heterocycles. The van der Waals surface area contributed by atoms with Crippen molar-refractivity contribution in [3.8, 4) is 22.5 Å². The largest absolute Gasteiger partial charge is 0.506 e. The van der Waals surface area contributed by atoms with Gasteiger partial charge in [-0.1, -0.05) is 67.2 Å². The van der Waals surface area contributed by atoms with Gasteiger partial charge in [0.05, 0.1) is 0 Å². The van der Waals surface area contributed by atoms with E-state index in [2.05, 4.69) is 41.1 Å². The Morgan fingerprint density at radius 3 is 2.44 bits per heavy atom. The molecule has 6 nitrogen and oxygen atoms in total. The highest BCUT2D eigenvalue weighted by molar-refractivity contribution is 5.89. The number of pyridine rings is 1. The summed E-state index contributed by atoms with van der Waals surface area (Å²) in [6.07, 6.45) is 3.55. The average molecular weight is 419 g/mol. The Kier molecular flexibility index (Phi) is 5.09. The predicted molar refractivity (Wildman–Crippen MR) is 127 cm³/mol. The van der Waals surface area contributed by atoms with Crippen LogP contribution in [0.25, 0.3) is 33.8 Å². The molecule has 0 amide bonds. The summed E-state index contributed by atoms with van der Waals surface area (Å²) in [6, 6.07) is 26.0. The molecule has 0 saturated carbocycles. The Labute approximate surface area is 185 Å². The highest BCUT2D eigenvalue weighted by Crippen LogP contribution is 2.31. The van der Waals surface area contributed by atoms with Crippen LogP contribution in [-0.2, 0) is 6.54 Å². The molecule has 156 valence electrons. The summed E-state index contributed by atoms with van der Waals surface area (Å²) >= 11 is 0. The van der Waals surface area contributed by atoms with Gasteiger partial charge in [0, 0.05) is 30.1 Å². The number of rotatable bonds is 6. The maximum atomic E-state index is 9.75. The fraction of sp³-hybridized carbons (Fsp3) is 0.0385. The van der Waals surface area contributed by atoms with Crippen LogP contribution in [0.15, 0.2) is 97.8 Å². The molecule has 0 aliphatic carbocycles. The maximum Gasteiger partial charge on any atom is 0.182 e. The van der Waals surface area contributed by atoms with Gasteiger partial charge in [0.2, 0.25) is 0 Å². The summed E-state index contributed by atoms with van der Waals surface area (Å²) in [5.74, 6) is 1.15. The quantitative estimate of drug-likeness (QED) is 0.351. The highest BCUT2D eigenvalue weighted by atomic mass is 16.3. The SMILES string of the molecule is C=C(O)c1cc(-c2nc(NCc3ccccc3)c3c(-c4ccccc4)ccn3n2)ccn1. The molecule has 0 fully saturated rings. The number of anilines is 1. The molecule has 0 aliphatic rings. The molecule has 0 aliphatic heterocycles. The topological polar surface area (TPSA) is 75.3 Å². The second kappa shape index (κ2) is 8.35. The van der Waals surface area contributed by atoms with Crippen LogP contribution in [0.2, 0.25) is 0 Å². The number of hydrogen-bond acceptors (Lipinski definition) is 5. The van der Waals surface area contributed by atoms with E-state index in [9.17, 15) is 5.11 Å². The first-order valence-corrected chi connectivity index (χ1v) is 10.3. The molecule has 3 aromatic heterocycles. The number of nitrogens with zero attached hydrogens (tertiary/aromatic N) is 4. The number of benzene rings is 2. The average Bonchev–Trinajstić information content (AvgIpc) is 3.28. The molecule has 5 aromatic rings. The monoisotopic (exact) mass is 419 g/mol. The summed E-state index contributed by atoms with van der Waals surface area (Å²) < 4.78 is 1.84. The smallest absolute Gasteiger partial charge is 0.182 e.